The van der Waals surface area contributed by atoms with Gasteiger partial charge in [-0.1, -0.05) is 78.9 Å². The SMILES string of the molecule is C[Si](C)(/C(=C\C(F)(F)F)C(O)c1ccccc1)c1ccccc1. The molecule has 0 spiro atoms. The fourth-order valence-electron chi connectivity index (χ4n) is 2.61. The number of hydrogen-bond acceptors (Lipinski definition) is 1. The monoisotopic (exact) mass is 336 g/mol. The lowest BCUT2D eigenvalue weighted by Gasteiger charge is -2.31. The molecule has 0 aliphatic heterocycles. The van der Waals surface area contributed by atoms with Crippen LogP contribution in [0.15, 0.2) is 71.9 Å². The van der Waals surface area contributed by atoms with E-state index in [9.17, 15) is 18.3 Å². The molecule has 0 bridgehead atoms. The maximum atomic E-state index is 13.1. The summed E-state index contributed by atoms with van der Waals surface area (Å²) < 4.78 is 39.2. The molecule has 1 unspecified atom stereocenters. The predicted molar refractivity (Wildman–Crippen MR) is 89.1 cm³/mol. The van der Waals surface area contributed by atoms with Crippen molar-refractivity contribution < 1.29 is 18.3 Å². The van der Waals surface area contributed by atoms with E-state index < -0.39 is 20.4 Å². The Morgan fingerprint density at radius 2 is 1.43 bits per heavy atom. The van der Waals surface area contributed by atoms with Crippen molar-refractivity contribution in [3.63, 3.8) is 0 Å². The van der Waals surface area contributed by atoms with Gasteiger partial charge in [-0.2, -0.15) is 13.2 Å². The molecule has 122 valence electrons. The molecule has 0 amide bonds. The molecule has 0 saturated carbocycles. The zero-order valence-electron chi connectivity index (χ0n) is 13.0. The fraction of sp³-hybridized carbons (Fsp3) is 0.222. The summed E-state index contributed by atoms with van der Waals surface area (Å²) in [5.41, 5.74) is 0.472. The van der Waals surface area contributed by atoms with Gasteiger partial charge in [-0.15, -0.1) is 0 Å². The van der Waals surface area contributed by atoms with Crippen LogP contribution in [0.3, 0.4) is 0 Å². The van der Waals surface area contributed by atoms with E-state index in [0.29, 0.717) is 5.56 Å². The lowest BCUT2D eigenvalue weighted by Crippen LogP contribution is -2.46. The zero-order valence-corrected chi connectivity index (χ0v) is 14.0. The van der Waals surface area contributed by atoms with Gasteiger partial charge < -0.3 is 5.11 Å². The molecule has 2 rings (SSSR count). The second-order valence-corrected chi connectivity index (χ2v) is 10.4. The first-order valence-corrected chi connectivity index (χ1v) is 10.3. The van der Waals surface area contributed by atoms with E-state index in [1.807, 2.05) is 43.4 Å². The molecule has 0 aromatic heterocycles. The third-order valence-electron chi connectivity index (χ3n) is 3.95. The van der Waals surface area contributed by atoms with Crippen molar-refractivity contribution in [2.45, 2.75) is 25.4 Å². The van der Waals surface area contributed by atoms with Gasteiger partial charge in [0.25, 0.3) is 0 Å². The maximum Gasteiger partial charge on any atom is 0.409 e. The number of benzene rings is 2. The van der Waals surface area contributed by atoms with E-state index in [0.717, 1.165) is 5.19 Å². The molecule has 0 radical (unpaired) electrons. The summed E-state index contributed by atoms with van der Waals surface area (Å²) in [7, 11) is -2.67. The topological polar surface area (TPSA) is 20.2 Å². The molecular weight excluding hydrogens is 317 g/mol. The molecule has 0 heterocycles. The molecule has 0 aliphatic rings. The van der Waals surface area contributed by atoms with Crippen LogP contribution in [-0.4, -0.2) is 19.4 Å². The highest BCUT2D eigenvalue weighted by Crippen LogP contribution is 2.33. The minimum atomic E-state index is -4.47. The number of aliphatic hydroxyl groups excluding tert-OH is 1. The van der Waals surface area contributed by atoms with Gasteiger partial charge in [0.2, 0.25) is 0 Å². The van der Waals surface area contributed by atoms with Crippen LogP contribution in [-0.2, 0) is 0 Å². The summed E-state index contributed by atoms with van der Waals surface area (Å²) in [6.45, 7) is 3.65. The van der Waals surface area contributed by atoms with Gasteiger partial charge in [-0.25, -0.2) is 0 Å². The lowest BCUT2D eigenvalue weighted by molar-refractivity contribution is -0.0809. The van der Waals surface area contributed by atoms with Gasteiger partial charge >= 0.3 is 6.18 Å². The summed E-state index contributed by atoms with van der Waals surface area (Å²) in [5, 5.41) is 11.5. The third-order valence-corrected chi connectivity index (χ3v) is 7.58. The molecule has 0 fully saturated rings. The molecule has 2 aromatic carbocycles. The van der Waals surface area contributed by atoms with E-state index in [1.54, 1.807) is 30.3 Å². The van der Waals surface area contributed by atoms with Crippen LogP contribution in [0.25, 0.3) is 0 Å². The average Bonchev–Trinajstić information content (AvgIpc) is 2.53. The van der Waals surface area contributed by atoms with Gasteiger partial charge in [0, 0.05) is 6.08 Å². The number of rotatable bonds is 4. The Kier molecular flexibility index (Phi) is 5.11. The summed E-state index contributed by atoms with van der Waals surface area (Å²) >= 11 is 0. The van der Waals surface area contributed by atoms with Crippen LogP contribution in [0.5, 0.6) is 0 Å². The van der Waals surface area contributed by atoms with E-state index >= 15 is 0 Å². The Hall–Kier alpha value is -1.85. The van der Waals surface area contributed by atoms with Gasteiger partial charge in [0.1, 0.15) is 8.07 Å². The van der Waals surface area contributed by atoms with Crippen molar-refractivity contribution in [1.29, 1.82) is 0 Å². The van der Waals surface area contributed by atoms with E-state index in [1.165, 1.54) is 0 Å². The summed E-state index contributed by atoms with van der Waals surface area (Å²) in [6.07, 6.45) is -5.45. The molecule has 1 atom stereocenters. The Balaban J connectivity index is 2.53. The first kappa shape index (κ1) is 17.5. The predicted octanol–water partition coefficient (Wildman–Crippen LogP) is 4.36. The molecule has 23 heavy (non-hydrogen) atoms. The van der Waals surface area contributed by atoms with Crippen LogP contribution in [0.4, 0.5) is 13.2 Å². The maximum absolute atomic E-state index is 13.1. The largest absolute Gasteiger partial charge is 0.409 e. The van der Waals surface area contributed by atoms with Crippen LogP contribution >= 0.6 is 0 Å². The van der Waals surface area contributed by atoms with Crippen molar-refractivity contribution in [3.8, 4) is 0 Å². The molecular formula is C18H19F3OSi. The van der Waals surface area contributed by atoms with Gasteiger partial charge in [0.15, 0.2) is 0 Å². The fourth-order valence-corrected chi connectivity index (χ4v) is 5.35. The first-order chi connectivity index (χ1) is 10.7. The highest BCUT2D eigenvalue weighted by atomic mass is 28.3. The van der Waals surface area contributed by atoms with E-state index in [4.69, 9.17) is 0 Å². The smallest absolute Gasteiger partial charge is 0.384 e. The zero-order chi connectivity index (χ0) is 17.1. The van der Waals surface area contributed by atoms with Crippen molar-refractivity contribution in [3.05, 3.63) is 77.5 Å². The molecule has 1 nitrogen and oxygen atoms in total. The summed E-state index contributed by atoms with van der Waals surface area (Å²) in [6, 6.07) is 17.6. The molecule has 1 N–H and O–H groups in total. The van der Waals surface area contributed by atoms with Crippen molar-refractivity contribution in [2.24, 2.45) is 0 Å². The summed E-state index contributed by atoms with van der Waals surface area (Å²) in [4.78, 5) is 0. The van der Waals surface area contributed by atoms with E-state index in [-0.39, 0.29) is 11.3 Å². The lowest BCUT2D eigenvalue weighted by atomic mass is 10.1. The second-order valence-electron chi connectivity index (χ2n) is 5.95. The van der Waals surface area contributed by atoms with Crippen molar-refractivity contribution in [2.75, 3.05) is 0 Å². The van der Waals surface area contributed by atoms with Gasteiger partial charge in [-0.3, -0.25) is 0 Å². The Labute approximate surface area is 135 Å². The molecule has 5 heteroatoms. The van der Waals surface area contributed by atoms with Crippen LogP contribution in [0, 0.1) is 0 Å². The third kappa shape index (κ3) is 4.33. The minimum Gasteiger partial charge on any atom is -0.384 e. The molecule has 0 saturated heterocycles. The number of hydrogen-bond donors (Lipinski definition) is 1. The van der Waals surface area contributed by atoms with Crippen molar-refractivity contribution >= 4 is 13.3 Å². The number of halogens is 3. The Morgan fingerprint density at radius 1 is 0.957 bits per heavy atom. The van der Waals surface area contributed by atoms with E-state index in [2.05, 4.69) is 0 Å². The highest BCUT2D eigenvalue weighted by Gasteiger charge is 2.37. The first-order valence-electron chi connectivity index (χ1n) is 7.30. The Bertz CT molecular complexity index is 664. The average molecular weight is 336 g/mol. The standard InChI is InChI=1S/C18H19F3OSi/c1-23(2,15-11-7-4-8-12-15)16(13-18(19,20)21)17(22)14-9-5-3-6-10-14/h3-13,17,22H,1-2H3/b16-13-. The van der Waals surface area contributed by atoms with Crippen LogP contribution in [0.2, 0.25) is 13.1 Å². The number of aliphatic hydroxyl groups is 1. The van der Waals surface area contributed by atoms with Gasteiger partial charge in [0.05, 0.1) is 6.10 Å². The molecule has 2 aromatic rings. The second kappa shape index (κ2) is 6.72. The minimum absolute atomic E-state index is 0.0578. The quantitative estimate of drug-likeness (QED) is 0.823. The molecule has 0 aliphatic carbocycles. The summed E-state index contributed by atoms with van der Waals surface area (Å²) in [5.74, 6) is 0. The van der Waals surface area contributed by atoms with Crippen LogP contribution in [0.1, 0.15) is 11.7 Å². The van der Waals surface area contributed by atoms with Crippen molar-refractivity contribution in [1.82, 2.24) is 0 Å². The van der Waals surface area contributed by atoms with Gasteiger partial charge in [-0.05, 0) is 10.8 Å². The van der Waals surface area contributed by atoms with Crippen LogP contribution < -0.4 is 5.19 Å². The Morgan fingerprint density at radius 3 is 1.91 bits per heavy atom. The number of allylic oxidation sites excluding steroid dienone is 1. The normalized spacial score (nSPS) is 14.6. The number of alkyl halides is 3. The highest BCUT2D eigenvalue weighted by molar-refractivity contribution is 6.95.